The lowest BCUT2D eigenvalue weighted by Crippen LogP contribution is -1.89. The smallest absolute Gasteiger partial charge is 0.283 e. The first-order valence-electron chi connectivity index (χ1n) is 6.31. The second-order valence-electron chi connectivity index (χ2n) is 4.28. The Morgan fingerprint density at radius 2 is 1.91 bits per heavy atom. The number of ether oxygens (including phenoxy) is 1. The molecule has 0 bridgehead atoms. The molecule has 0 saturated carbocycles. The lowest BCUT2D eigenvalue weighted by Gasteiger charge is -1.99. The van der Waals surface area contributed by atoms with Crippen molar-refractivity contribution in [3.63, 3.8) is 0 Å². The first kappa shape index (κ1) is 14.8. The Kier molecular flexibility index (Phi) is 4.26. The summed E-state index contributed by atoms with van der Waals surface area (Å²) in [7, 11) is 1.62. The number of aryl methyl sites for hydroxylation is 1. The quantitative estimate of drug-likeness (QED) is 0.674. The molecule has 0 amide bonds. The molecule has 0 radical (unpaired) electrons. The van der Waals surface area contributed by atoms with Gasteiger partial charge in [-0.15, -0.1) is 10.2 Å². The van der Waals surface area contributed by atoms with Crippen LogP contribution in [0.3, 0.4) is 0 Å². The molecule has 1 aromatic carbocycles. The molecule has 112 valence electrons. The van der Waals surface area contributed by atoms with Crippen LogP contribution in [0.25, 0.3) is 11.5 Å². The van der Waals surface area contributed by atoms with Gasteiger partial charge in [-0.25, -0.2) is 9.97 Å². The minimum absolute atomic E-state index is 0.380. The van der Waals surface area contributed by atoms with E-state index in [-0.39, 0.29) is 0 Å². The molecule has 0 fully saturated rings. The third-order valence-electron chi connectivity index (χ3n) is 2.72. The molecule has 6 nitrogen and oxygen atoms in total. The maximum atomic E-state index is 5.90. The summed E-state index contributed by atoms with van der Waals surface area (Å²) in [6, 6.07) is 9.02. The Balaban J connectivity index is 1.80. The average molecular weight is 335 g/mol. The van der Waals surface area contributed by atoms with Gasteiger partial charge in [-0.3, -0.25) is 0 Å². The molecular formula is C14H11ClN4O2S. The highest BCUT2D eigenvalue weighted by Gasteiger charge is 2.11. The molecule has 2 aromatic heterocycles. The number of halogens is 1. The molecule has 3 aromatic rings. The van der Waals surface area contributed by atoms with Crippen molar-refractivity contribution in [1.82, 2.24) is 20.2 Å². The lowest BCUT2D eigenvalue weighted by molar-refractivity contribution is 0.414. The molecule has 0 N–H and O–H groups in total. The number of benzene rings is 1. The van der Waals surface area contributed by atoms with Gasteiger partial charge in [-0.2, -0.15) is 0 Å². The fraction of sp³-hybridized carbons (Fsp3) is 0.143. The normalized spacial score (nSPS) is 10.7. The van der Waals surface area contributed by atoms with Crippen molar-refractivity contribution in [1.29, 1.82) is 0 Å². The maximum Gasteiger partial charge on any atom is 0.283 e. The van der Waals surface area contributed by atoms with E-state index in [1.54, 1.807) is 20.1 Å². The maximum absolute atomic E-state index is 5.90. The van der Waals surface area contributed by atoms with Crippen LogP contribution in [-0.2, 0) is 0 Å². The average Bonchev–Trinajstić information content (AvgIpc) is 2.95. The van der Waals surface area contributed by atoms with E-state index in [0.29, 0.717) is 27.1 Å². The summed E-state index contributed by atoms with van der Waals surface area (Å²) in [5, 5.41) is 9.45. The third-order valence-corrected chi connectivity index (χ3v) is 3.67. The number of nitrogens with zero attached hydrogens (tertiary/aromatic N) is 4. The molecular weight excluding hydrogens is 324 g/mol. The summed E-state index contributed by atoms with van der Waals surface area (Å²) >= 11 is 7.14. The van der Waals surface area contributed by atoms with Crippen LogP contribution in [0.2, 0.25) is 5.15 Å². The van der Waals surface area contributed by atoms with Crippen molar-refractivity contribution in [3.8, 4) is 17.2 Å². The van der Waals surface area contributed by atoms with Gasteiger partial charge < -0.3 is 9.15 Å². The summed E-state index contributed by atoms with van der Waals surface area (Å²) in [6.45, 7) is 1.77. The topological polar surface area (TPSA) is 73.9 Å². The molecule has 3 rings (SSSR count). The highest BCUT2D eigenvalue weighted by Crippen LogP contribution is 2.29. The van der Waals surface area contributed by atoms with Crippen molar-refractivity contribution in [2.24, 2.45) is 0 Å². The van der Waals surface area contributed by atoms with E-state index in [2.05, 4.69) is 20.2 Å². The highest BCUT2D eigenvalue weighted by molar-refractivity contribution is 7.99. The zero-order valence-corrected chi connectivity index (χ0v) is 13.4. The van der Waals surface area contributed by atoms with Gasteiger partial charge in [-0.1, -0.05) is 11.6 Å². The van der Waals surface area contributed by atoms with Gasteiger partial charge in [0, 0.05) is 11.6 Å². The SMILES string of the molecule is COc1ccc(-c2nnc(Sc3cc(Cl)nc(C)n3)o2)cc1. The van der Waals surface area contributed by atoms with Gasteiger partial charge >= 0.3 is 0 Å². The first-order valence-corrected chi connectivity index (χ1v) is 7.50. The van der Waals surface area contributed by atoms with E-state index < -0.39 is 0 Å². The van der Waals surface area contributed by atoms with Crippen LogP contribution in [0.15, 0.2) is 45.0 Å². The van der Waals surface area contributed by atoms with Gasteiger partial charge in [0.25, 0.3) is 5.22 Å². The van der Waals surface area contributed by atoms with Crippen LogP contribution in [0, 0.1) is 6.92 Å². The van der Waals surface area contributed by atoms with E-state index in [0.717, 1.165) is 11.3 Å². The van der Waals surface area contributed by atoms with E-state index in [1.807, 2.05) is 24.3 Å². The highest BCUT2D eigenvalue weighted by atomic mass is 35.5. The number of aromatic nitrogens is 4. The lowest BCUT2D eigenvalue weighted by atomic mass is 10.2. The zero-order chi connectivity index (χ0) is 15.5. The Hall–Kier alpha value is -2.12. The summed E-state index contributed by atoms with van der Waals surface area (Å²) in [4.78, 5) is 8.26. The Bertz CT molecular complexity index is 772. The summed E-state index contributed by atoms with van der Waals surface area (Å²) < 4.78 is 10.7. The van der Waals surface area contributed by atoms with Crippen molar-refractivity contribution in [3.05, 3.63) is 41.3 Å². The van der Waals surface area contributed by atoms with E-state index in [4.69, 9.17) is 20.8 Å². The molecule has 0 spiro atoms. The first-order chi connectivity index (χ1) is 10.6. The van der Waals surface area contributed by atoms with Crippen LogP contribution >= 0.6 is 23.4 Å². The van der Waals surface area contributed by atoms with Gasteiger partial charge in [0.2, 0.25) is 5.89 Å². The second kappa shape index (κ2) is 6.33. The molecule has 2 heterocycles. The molecule has 0 unspecified atom stereocenters. The fourth-order valence-electron chi connectivity index (χ4n) is 1.75. The largest absolute Gasteiger partial charge is 0.497 e. The minimum Gasteiger partial charge on any atom is -0.497 e. The van der Waals surface area contributed by atoms with Crippen molar-refractivity contribution >= 4 is 23.4 Å². The van der Waals surface area contributed by atoms with E-state index >= 15 is 0 Å². The number of hydrogen-bond donors (Lipinski definition) is 0. The van der Waals surface area contributed by atoms with E-state index in [9.17, 15) is 0 Å². The number of hydrogen-bond acceptors (Lipinski definition) is 7. The zero-order valence-electron chi connectivity index (χ0n) is 11.8. The van der Waals surface area contributed by atoms with Gasteiger partial charge in [0.1, 0.15) is 21.8 Å². The molecule has 0 aliphatic carbocycles. The van der Waals surface area contributed by atoms with Gasteiger partial charge in [0.15, 0.2) is 0 Å². The summed E-state index contributed by atoms with van der Waals surface area (Å²) in [5.41, 5.74) is 0.817. The van der Waals surface area contributed by atoms with Gasteiger partial charge in [-0.05, 0) is 43.0 Å². The molecule has 8 heteroatoms. The second-order valence-corrected chi connectivity index (χ2v) is 5.64. The van der Waals surface area contributed by atoms with E-state index in [1.165, 1.54) is 11.8 Å². The predicted molar refractivity (Wildman–Crippen MR) is 82.2 cm³/mol. The van der Waals surface area contributed by atoms with Crippen molar-refractivity contribution in [2.45, 2.75) is 17.2 Å². The molecule has 0 saturated heterocycles. The fourth-order valence-corrected chi connectivity index (χ4v) is 2.77. The van der Waals surface area contributed by atoms with Crippen LogP contribution in [0.1, 0.15) is 5.82 Å². The van der Waals surface area contributed by atoms with Crippen molar-refractivity contribution < 1.29 is 9.15 Å². The molecule has 0 aliphatic heterocycles. The monoisotopic (exact) mass is 334 g/mol. The predicted octanol–water partition coefficient (Wildman–Crippen LogP) is 3.65. The summed E-state index contributed by atoms with van der Waals surface area (Å²) in [5.74, 6) is 1.79. The molecule has 22 heavy (non-hydrogen) atoms. The summed E-state index contributed by atoms with van der Waals surface area (Å²) in [6.07, 6.45) is 0. The Labute approximate surface area is 135 Å². The van der Waals surface area contributed by atoms with Gasteiger partial charge in [0.05, 0.1) is 7.11 Å². The van der Waals surface area contributed by atoms with Crippen LogP contribution in [-0.4, -0.2) is 27.3 Å². The Morgan fingerprint density at radius 1 is 1.14 bits per heavy atom. The minimum atomic E-state index is 0.380. The third kappa shape index (κ3) is 3.37. The van der Waals surface area contributed by atoms with Crippen molar-refractivity contribution in [2.75, 3.05) is 7.11 Å². The molecule has 0 atom stereocenters. The van der Waals surface area contributed by atoms with Crippen LogP contribution < -0.4 is 4.74 Å². The number of rotatable bonds is 4. The number of methoxy groups -OCH3 is 1. The molecule has 0 aliphatic rings. The van der Waals surface area contributed by atoms with Crippen LogP contribution in [0.5, 0.6) is 5.75 Å². The Morgan fingerprint density at radius 3 is 2.59 bits per heavy atom. The standard InChI is InChI=1S/C14H11ClN4O2S/c1-8-16-11(15)7-12(17-8)22-14-19-18-13(21-14)9-3-5-10(20-2)6-4-9/h3-7H,1-2H3. The van der Waals surface area contributed by atoms with Crippen LogP contribution in [0.4, 0.5) is 0 Å².